The Bertz CT molecular complexity index is 372. The quantitative estimate of drug-likeness (QED) is 0.905. The van der Waals surface area contributed by atoms with Gasteiger partial charge in [-0.15, -0.1) is 0 Å². The Kier molecular flexibility index (Phi) is 2.39. The van der Waals surface area contributed by atoms with Gasteiger partial charge in [0.2, 0.25) is 0 Å². The van der Waals surface area contributed by atoms with Crippen LogP contribution in [0.15, 0.2) is 16.7 Å². The van der Waals surface area contributed by atoms with Crippen LogP contribution in [0.5, 0.6) is 0 Å². The van der Waals surface area contributed by atoms with E-state index in [9.17, 15) is 4.79 Å². The number of aromatic carboxylic acids is 1. The Morgan fingerprint density at radius 3 is 2.93 bits per heavy atom. The molecular weight excluding hydrogens is 246 g/mol. The van der Waals surface area contributed by atoms with Crippen LogP contribution in [0, 0.1) is 11.8 Å². The van der Waals surface area contributed by atoms with Crippen molar-refractivity contribution in [2.75, 3.05) is 0 Å². The van der Waals surface area contributed by atoms with Crippen molar-refractivity contribution in [3.8, 4) is 0 Å². The molecule has 4 heteroatoms. The van der Waals surface area contributed by atoms with E-state index in [0.717, 1.165) is 16.9 Å². The zero-order chi connectivity index (χ0) is 10.3. The summed E-state index contributed by atoms with van der Waals surface area (Å²) >= 11 is 3.29. The summed E-state index contributed by atoms with van der Waals surface area (Å²) in [5, 5.41) is 8.94. The molecule has 0 bridgehead atoms. The molecule has 14 heavy (non-hydrogen) atoms. The predicted octanol–water partition coefficient (Wildman–Crippen LogP) is 2.60. The third kappa shape index (κ3) is 1.85. The van der Waals surface area contributed by atoms with E-state index in [2.05, 4.69) is 22.9 Å². The van der Waals surface area contributed by atoms with Gasteiger partial charge < -0.3 is 9.67 Å². The molecule has 76 valence electrons. The summed E-state index contributed by atoms with van der Waals surface area (Å²) in [5.41, 5.74) is 0.371. The number of rotatable bonds is 3. The molecule has 1 fully saturated rings. The molecule has 1 heterocycles. The van der Waals surface area contributed by atoms with Crippen LogP contribution in [0.3, 0.4) is 0 Å². The van der Waals surface area contributed by atoms with Gasteiger partial charge in [-0.1, -0.05) is 6.92 Å². The largest absolute Gasteiger partial charge is 0.477 e. The molecule has 2 rings (SSSR count). The van der Waals surface area contributed by atoms with Crippen molar-refractivity contribution < 1.29 is 9.90 Å². The molecule has 1 aliphatic carbocycles. The normalized spacial score (nSPS) is 25.0. The van der Waals surface area contributed by atoms with E-state index >= 15 is 0 Å². The molecule has 0 aliphatic heterocycles. The van der Waals surface area contributed by atoms with Gasteiger partial charge in [-0.05, 0) is 40.3 Å². The van der Waals surface area contributed by atoms with Crippen molar-refractivity contribution >= 4 is 21.9 Å². The molecule has 1 aromatic rings. The van der Waals surface area contributed by atoms with Gasteiger partial charge in [0.05, 0.1) is 0 Å². The van der Waals surface area contributed by atoms with Gasteiger partial charge in [0.1, 0.15) is 5.69 Å². The third-order valence-corrected chi connectivity index (χ3v) is 3.22. The molecule has 0 radical (unpaired) electrons. The molecule has 3 nitrogen and oxygen atoms in total. The fourth-order valence-electron chi connectivity index (χ4n) is 1.71. The van der Waals surface area contributed by atoms with Gasteiger partial charge in [0.25, 0.3) is 0 Å². The van der Waals surface area contributed by atoms with Gasteiger partial charge in [0.15, 0.2) is 0 Å². The van der Waals surface area contributed by atoms with Crippen molar-refractivity contribution in [1.82, 2.24) is 4.57 Å². The number of carboxylic acid groups (broad SMARTS) is 1. The first-order chi connectivity index (χ1) is 6.58. The van der Waals surface area contributed by atoms with E-state index < -0.39 is 5.97 Å². The average Bonchev–Trinajstić information content (AvgIpc) is 2.60. The summed E-state index contributed by atoms with van der Waals surface area (Å²) in [6.07, 6.45) is 3.06. The highest BCUT2D eigenvalue weighted by atomic mass is 79.9. The number of hydrogen-bond donors (Lipinski definition) is 1. The van der Waals surface area contributed by atoms with Crippen molar-refractivity contribution in [3.63, 3.8) is 0 Å². The molecule has 2 unspecified atom stereocenters. The second kappa shape index (κ2) is 3.42. The molecule has 1 N–H and O–H groups in total. The number of halogens is 1. The standard InChI is InChI=1S/C10H12BrNO2/c1-6-2-7(6)4-12-5-8(11)3-9(12)10(13)14/h3,5-7H,2,4H2,1H3,(H,13,14). The van der Waals surface area contributed by atoms with Gasteiger partial charge in [-0.3, -0.25) is 0 Å². The number of aromatic nitrogens is 1. The molecule has 1 aliphatic rings. The van der Waals surface area contributed by atoms with Gasteiger partial charge in [0, 0.05) is 17.2 Å². The SMILES string of the molecule is CC1CC1Cn1cc(Br)cc1C(=O)O. The fourth-order valence-corrected chi connectivity index (χ4v) is 2.17. The Labute approximate surface area is 90.9 Å². The predicted molar refractivity (Wildman–Crippen MR) is 56.4 cm³/mol. The van der Waals surface area contributed by atoms with Crippen LogP contribution in [0.2, 0.25) is 0 Å². The zero-order valence-corrected chi connectivity index (χ0v) is 9.49. The van der Waals surface area contributed by atoms with Crippen LogP contribution in [-0.4, -0.2) is 15.6 Å². The first-order valence-electron chi connectivity index (χ1n) is 4.67. The van der Waals surface area contributed by atoms with Crippen LogP contribution in [0.4, 0.5) is 0 Å². The highest BCUT2D eigenvalue weighted by Gasteiger charge is 2.33. The van der Waals surface area contributed by atoms with E-state index in [1.54, 1.807) is 6.07 Å². The first-order valence-corrected chi connectivity index (χ1v) is 5.46. The molecule has 0 saturated heterocycles. The van der Waals surface area contributed by atoms with Crippen molar-refractivity contribution in [2.45, 2.75) is 19.9 Å². The first kappa shape index (κ1) is 9.77. The van der Waals surface area contributed by atoms with Crippen molar-refractivity contribution in [3.05, 3.63) is 22.4 Å². The number of carboxylic acids is 1. The lowest BCUT2D eigenvalue weighted by Gasteiger charge is -2.04. The smallest absolute Gasteiger partial charge is 0.352 e. The monoisotopic (exact) mass is 257 g/mol. The van der Waals surface area contributed by atoms with Crippen LogP contribution in [-0.2, 0) is 6.54 Å². The second-order valence-electron chi connectivity index (χ2n) is 3.97. The summed E-state index contributed by atoms with van der Waals surface area (Å²) in [6, 6.07) is 1.65. The minimum absolute atomic E-state index is 0.371. The molecule has 0 aromatic carbocycles. The van der Waals surface area contributed by atoms with Crippen LogP contribution >= 0.6 is 15.9 Å². The van der Waals surface area contributed by atoms with E-state index in [1.807, 2.05) is 10.8 Å². The van der Waals surface area contributed by atoms with Crippen molar-refractivity contribution in [1.29, 1.82) is 0 Å². The Morgan fingerprint density at radius 1 is 1.79 bits per heavy atom. The average molecular weight is 258 g/mol. The Morgan fingerprint density at radius 2 is 2.43 bits per heavy atom. The maximum atomic E-state index is 10.9. The van der Waals surface area contributed by atoms with E-state index in [0.29, 0.717) is 11.6 Å². The minimum Gasteiger partial charge on any atom is -0.477 e. The Balaban J connectivity index is 2.18. The lowest BCUT2D eigenvalue weighted by atomic mass is 10.3. The third-order valence-electron chi connectivity index (χ3n) is 2.79. The molecule has 1 aromatic heterocycles. The van der Waals surface area contributed by atoms with Gasteiger partial charge in [-0.2, -0.15) is 0 Å². The number of hydrogen-bond acceptors (Lipinski definition) is 1. The lowest BCUT2D eigenvalue weighted by molar-refractivity contribution is 0.0684. The van der Waals surface area contributed by atoms with Crippen LogP contribution in [0.1, 0.15) is 23.8 Å². The van der Waals surface area contributed by atoms with Crippen molar-refractivity contribution in [2.24, 2.45) is 11.8 Å². The molecule has 2 atom stereocenters. The summed E-state index contributed by atoms with van der Waals surface area (Å²) in [5.74, 6) is 0.550. The summed E-state index contributed by atoms with van der Waals surface area (Å²) < 4.78 is 2.66. The van der Waals surface area contributed by atoms with Crippen LogP contribution < -0.4 is 0 Å². The van der Waals surface area contributed by atoms with E-state index in [-0.39, 0.29) is 0 Å². The molecule has 0 amide bonds. The highest BCUT2D eigenvalue weighted by Crippen LogP contribution is 2.39. The summed E-state index contributed by atoms with van der Waals surface area (Å²) in [4.78, 5) is 10.9. The molecule has 0 spiro atoms. The van der Waals surface area contributed by atoms with Crippen LogP contribution in [0.25, 0.3) is 0 Å². The topological polar surface area (TPSA) is 42.2 Å². The van der Waals surface area contributed by atoms with E-state index in [4.69, 9.17) is 5.11 Å². The van der Waals surface area contributed by atoms with Gasteiger partial charge in [-0.25, -0.2) is 4.79 Å². The van der Waals surface area contributed by atoms with E-state index in [1.165, 1.54) is 6.42 Å². The number of carbonyl (C=O) groups is 1. The summed E-state index contributed by atoms with van der Waals surface area (Å²) in [6.45, 7) is 3.03. The maximum Gasteiger partial charge on any atom is 0.352 e. The van der Waals surface area contributed by atoms with Gasteiger partial charge >= 0.3 is 5.97 Å². The number of nitrogens with zero attached hydrogens (tertiary/aromatic N) is 1. The molecule has 1 saturated carbocycles. The lowest BCUT2D eigenvalue weighted by Crippen LogP contribution is -2.09. The minimum atomic E-state index is -0.857. The zero-order valence-electron chi connectivity index (χ0n) is 7.90. The Hall–Kier alpha value is -0.770. The summed E-state index contributed by atoms with van der Waals surface area (Å²) in [7, 11) is 0. The maximum absolute atomic E-state index is 10.9. The highest BCUT2D eigenvalue weighted by molar-refractivity contribution is 9.10. The fraction of sp³-hybridized carbons (Fsp3) is 0.500. The second-order valence-corrected chi connectivity index (χ2v) is 4.89. The molecular formula is C10H12BrNO2.